The molecule has 1 aromatic heterocycles. The molecule has 5 rings (SSSR count). The fourth-order valence-electron chi connectivity index (χ4n) is 10.4. The third-order valence-corrected chi connectivity index (χ3v) is 15.1. The van der Waals surface area contributed by atoms with Crippen molar-refractivity contribution in [2.75, 3.05) is 20.1 Å². The number of β-amino-alcohol motifs (C(OH)–C–C–N with tert-alkyl or cyclic N) is 1. The van der Waals surface area contributed by atoms with E-state index in [0.717, 1.165) is 22.7 Å². The minimum absolute atomic E-state index is 0.00855. The van der Waals surface area contributed by atoms with Crippen molar-refractivity contribution in [2.24, 2.45) is 23.3 Å². The molecule has 19 N–H and O–H groups in total. The van der Waals surface area contributed by atoms with E-state index < -0.39 is 144 Å². The van der Waals surface area contributed by atoms with Gasteiger partial charge in [0.25, 0.3) is 0 Å². The van der Waals surface area contributed by atoms with Gasteiger partial charge in [0.2, 0.25) is 65.0 Å². The van der Waals surface area contributed by atoms with E-state index in [9.17, 15) is 68.1 Å². The maximum absolute atomic E-state index is 14.6. The highest BCUT2D eigenvalue weighted by molar-refractivity contribution is 6.00. The summed E-state index contributed by atoms with van der Waals surface area (Å²) in [7, 11) is 1.55. The van der Waals surface area contributed by atoms with Crippen LogP contribution in [0.1, 0.15) is 90.3 Å². The van der Waals surface area contributed by atoms with Crippen LogP contribution in [-0.2, 0) is 72.0 Å². The molecule has 2 heterocycles. The number of guanidine groups is 1. The van der Waals surface area contributed by atoms with E-state index >= 15 is 0 Å². The fraction of sp³-hybridized carbons (Fsp3) is 0.484. The van der Waals surface area contributed by atoms with Crippen LogP contribution in [-0.4, -0.2) is 183 Å². The first-order valence-electron chi connectivity index (χ1n) is 30.1. The number of likely N-dealkylation sites (tertiary alicyclic amines) is 1. The minimum Gasteiger partial charge on any atom is -0.508 e. The molecule has 1 aliphatic rings. The topological polar surface area (TPSA) is 464 Å². The van der Waals surface area contributed by atoms with Crippen molar-refractivity contribution in [3.05, 3.63) is 102 Å². The first-order chi connectivity index (χ1) is 43.0. The number of nitrogens with two attached hydrogens (primary N) is 2. The Kier molecular flexibility index (Phi) is 27.2. The minimum atomic E-state index is -1.89. The highest BCUT2D eigenvalue weighted by Gasteiger charge is 2.43. The zero-order valence-corrected chi connectivity index (χ0v) is 52.1. The van der Waals surface area contributed by atoms with Gasteiger partial charge in [0.15, 0.2) is 5.96 Å². The molecule has 91 heavy (non-hydrogen) atoms. The monoisotopic (exact) mass is 1270 g/mol. The van der Waals surface area contributed by atoms with Crippen LogP contribution in [0.15, 0.2) is 85.1 Å². The molecule has 11 amide bonds. The number of nitrogens with zero attached hydrogens (tertiary/aromatic N) is 1. The number of carbonyl (C=O) groups is 11. The third kappa shape index (κ3) is 22.1. The van der Waals surface area contributed by atoms with E-state index in [-0.39, 0.29) is 75.7 Å². The molecule has 29 nitrogen and oxygen atoms in total. The Labute approximate surface area is 527 Å². The number of amides is 11. The molecule has 0 spiro atoms. The molecule has 3 aromatic carbocycles. The molecule has 1 aliphatic heterocycles. The molecule has 0 radical (unpaired) electrons. The zero-order chi connectivity index (χ0) is 67.2. The number of aliphatic hydroxyl groups is 2. The van der Waals surface area contributed by atoms with Crippen LogP contribution in [0.5, 0.6) is 5.75 Å². The van der Waals surface area contributed by atoms with Gasteiger partial charge in [-0.3, -0.25) is 58.1 Å². The largest absolute Gasteiger partial charge is 0.508 e. The Morgan fingerprint density at radius 1 is 0.648 bits per heavy atom. The number of aromatic hydroxyl groups is 1. The number of carbonyl (C=O) groups excluding carboxylic acids is 11. The van der Waals surface area contributed by atoms with Crippen molar-refractivity contribution in [3.8, 4) is 5.75 Å². The molecular formula is C62H87N15O14. The molecule has 0 saturated carbocycles. The number of benzene rings is 3. The Balaban J connectivity index is 1.33. The number of rotatable bonds is 33. The normalized spacial score (nSPS) is 16.7. The number of aliphatic hydroxyl groups excluding tert-OH is 2. The molecule has 0 unspecified atom stereocenters. The quantitative estimate of drug-likeness (QED) is 0.0136. The van der Waals surface area contributed by atoms with E-state index in [0.29, 0.717) is 16.7 Å². The lowest BCUT2D eigenvalue weighted by molar-refractivity contribution is -0.142. The molecule has 11 atom stereocenters. The lowest BCUT2D eigenvalue weighted by atomic mass is 9.98. The molecule has 494 valence electrons. The first kappa shape index (κ1) is 72.1. The lowest BCUT2D eigenvalue weighted by Gasteiger charge is -2.30. The molecule has 29 heteroatoms. The molecule has 1 fully saturated rings. The Morgan fingerprint density at radius 3 is 1.82 bits per heavy atom. The summed E-state index contributed by atoms with van der Waals surface area (Å²) in [6.45, 7) is 9.00. The number of primary amides is 2. The summed E-state index contributed by atoms with van der Waals surface area (Å²) in [6, 6.07) is 8.40. The summed E-state index contributed by atoms with van der Waals surface area (Å²) < 4.78 is 0. The predicted molar refractivity (Wildman–Crippen MR) is 334 cm³/mol. The summed E-state index contributed by atoms with van der Waals surface area (Å²) in [4.78, 5) is 156. The number of nitrogens with one attached hydrogen (secondary N) is 12. The van der Waals surface area contributed by atoms with E-state index in [1.54, 1.807) is 71.3 Å². The van der Waals surface area contributed by atoms with Gasteiger partial charge < -0.3 is 89.8 Å². The average molecular weight is 1270 g/mol. The van der Waals surface area contributed by atoms with Crippen LogP contribution in [0.2, 0.25) is 0 Å². The average Bonchev–Trinajstić information content (AvgIpc) is 1.78. The Morgan fingerprint density at radius 2 is 1.21 bits per heavy atom. The van der Waals surface area contributed by atoms with Crippen LogP contribution in [0.4, 0.5) is 0 Å². The van der Waals surface area contributed by atoms with E-state index in [2.05, 4.69) is 58.2 Å². The number of fused-ring (bicyclic) bond motifs is 1. The van der Waals surface area contributed by atoms with E-state index in [1.165, 1.54) is 31.2 Å². The van der Waals surface area contributed by atoms with Gasteiger partial charge in [-0.05, 0) is 72.9 Å². The van der Waals surface area contributed by atoms with Gasteiger partial charge >= 0.3 is 0 Å². The van der Waals surface area contributed by atoms with Crippen molar-refractivity contribution in [2.45, 2.75) is 159 Å². The second kappa shape index (κ2) is 34.4. The number of phenolic OH excluding ortho intramolecular Hbond substituents is 1. The fourth-order valence-corrected chi connectivity index (χ4v) is 10.4. The van der Waals surface area contributed by atoms with Crippen molar-refractivity contribution >= 4 is 81.8 Å². The number of para-hydroxylation sites is 1. The van der Waals surface area contributed by atoms with Crippen molar-refractivity contribution in [1.82, 2.24) is 63.1 Å². The highest BCUT2D eigenvalue weighted by Crippen LogP contribution is 2.23. The summed E-state index contributed by atoms with van der Waals surface area (Å²) in [5.74, 6) is -10.8. The van der Waals surface area contributed by atoms with Crippen LogP contribution in [0.25, 0.3) is 10.9 Å². The van der Waals surface area contributed by atoms with Crippen molar-refractivity contribution in [1.29, 1.82) is 5.41 Å². The van der Waals surface area contributed by atoms with Gasteiger partial charge in [-0.25, -0.2) is 0 Å². The van der Waals surface area contributed by atoms with Gasteiger partial charge in [0.05, 0.1) is 18.6 Å². The van der Waals surface area contributed by atoms with Gasteiger partial charge in [0.1, 0.15) is 60.1 Å². The molecule has 0 aliphatic carbocycles. The number of phenols is 1. The predicted octanol–water partition coefficient (Wildman–Crippen LogP) is -2.27. The Hall–Kier alpha value is -9.64. The van der Waals surface area contributed by atoms with Crippen LogP contribution < -0.4 is 64.6 Å². The number of aromatic nitrogens is 1. The second-order valence-corrected chi connectivity index (χ2v) is 23.4. The summed E-state index contributed by atoms with van der Waals surface area (Å²) in [6.07, 6.45) is -2.40. The van der Waals surface area contributed by atoms with Gasteiger partial charge in [0, 0.05) is 69.8 Å². The number of aromatic amines is 1. The summed E-state index contributed by atoms with van der Waals surface area (Å²) >= 11 is 0. The zero-order valence-electron chi connectivity index (χ0n) is 52.1. The van der Waals surface area contributed by atoms with Gasteiger partial charge in [-0.2, -0.15) is 0 Å². The van der Waals surface area contributed by atoms with Crippen LogP contribution >= 0.6 is 0 Å². The first-order valence-corrected chi connectivity index (χ1v) is 30.1. The maximum atomic E-state index is 14.6. The van der Waals surface area contributed by atoms with E-state index in [1.807, 2.05) is 24.3 Å². The summed E-state index contributed by atoms with van der Waals surface area (Å²) in [5, 5.41) is 66.4. The number of hydrogen-bond donors (Lipinski definition) is 17. The highest BCUT2D eigenvalue weighted by atomic mass is 16.3. The lowest BCUT2D eigenvalue weighted by Crippen LogP contribution is -2.63. The van der Waals surface area contributed by atoms with Crippen molar-refractivity contribution < 1.29 is 68.1 Å². The second-order valence-electron chi connectivity index (χ2n) is 23.4. The van der Waals surface area contributed by atoms with E-state index in [4.69, 9.17) is 16.9 Å². The standard InChI is InChI=1S/C62H87N15O14/c1-32(2)24-45(55(85)70-43(18-13-23-67-62(65)66-7)54(84)71-44(53(64)83)27-38-30-68-42-17-12-11-16-41(38)42)73-59(89)51(33(3)4)75-56(86)46(25-36-14-9-8-10-15-36)74-60(90)52(34(5)78)76-57(87)47(29-50(63)82)72-58(88)49-28-40(81)31-77(49)61(91)48(69-35(6)79)26-37-19-21-39(80)22-20-37/h8-12,14-17,19-22,30,32-34,40,43-49,51-52,68,78,80-81H,13,18,23-29,31H2,1-7H3,(H2,63,82)(H2,64,83)(H,69,79)(H,70,85)(H,71,84)(H,72,88)(H,73,89)(H,74,90)(H,75,86)(H,76,87)(H3,65,66,67)/t34-,40-,43+,44+,45+,46+,47+,48-,49+,51+,52+/m1/s1. The number of H-pyrrole nitrogens is 1. The van der Waals surface area contributed by atoms with Crippen molar-refractivity contribution in [3.63, 3.8) is 0 Å². The third-order valence-electron chi connectivity index (χ3n) is 15.1. The molecule has 4 aromatic rings. The van der Waals surface area contributed by atoms with Gasteiger partial charge in [-0.15, -0.1) is 0 Å². The van der Waals surface area contributed by atoms with Gasteiger partial charge in [-0.1, -0.05) is 88.4 Å². The Bertz CT molecular complexity index is 3210. The smallest absolute Gasteiger partial charge is 0.246 e. The molecule has 0 bridgehead atoms. The van der Waals surface area contributed by atoms with Crippen LogP contribution in [0, 0.1) is 17.2 Å². The van der Waals surface area contributed by atoms with Crippen LogP contribution in [0.3, 0.4) is 0 Å². The summed E-state index contributed by atoms with van der Waals surface area (Å²) in [5.41, 5.74) is 13.9. The molecular weight excluding hydrogens is 1180 g/mol. The maximum Gasteiger partial charge on any atom is 0.246 e. The SMILES string of the molecule is CNC(=N)NCCC[C@H](NC(=O)[C@H](CC(C)C)NC(=O)[C@@H](NC(=O)[C@H](Cc1ccccc1)NC(=O)[C@@H](NC(=O)[C@H](CC(N)=O)NC(=O)[C@@H]1C[C@@H](O)CN1C(=O)[C@@H](Cc1ccc(O)cc1)NC(C)=O)[C@@H](C)O)C(C)C)C(=O)N[C@@H](Cc1c[nH]c2ccccc12)C(N)=O. The number of hydrogen-bond acceptors (Lipinski definition) is 15. The molecule has 1 saturated heterocycles.